The first-order chi connectivity index (χ1) is 15.6. The molecule has 0 spiro atoms. The second-order valence-electron chi connectivity index (χ2n) is 7.99. The van der Waals surface area contributed by atoms with Gasteiger partial charge >= 0.3 is 0 Å². The van der Waals surface area contributed by atoms with E-state index in [-0.39, 0.29) is 12.1 Å². The van der Waals surface area contributed by atoms with Crippen molar-refractivity contribution in [3.63, 3.8) is 0 Å². The third kappa shape index (κ3) is 3.08. The van der Waals surface area contributed by atoms with Crippen LogP contribution in [0.25, 0.3) is 5.70 Å². The van der Waals surface area contributed by atoms with E-state index in [9.17, 15) is 0 Å². The summed E-state index contributed by atoms with van der Waals surface area (Å²) in [6.45, 7) is 2.08. The summed E-state index contributed by atoms with van der Waals surface area (Å²) in [4.78, 5) is 4.47. The zero-order chi connectivity index (χ0) is 21.8. The highest BCUT2D eigenvalue weighted by atomic mass is 35.5. The molecule has 6 rings (SSSR count). The molecular formula is C25H18Cl2N4O. The minimum absolute atomic E-state index is 0.213. The number of rotatable bonds is 2. The molecule has 158 valence electrons. The van der Waals surface area contributed by atoms with Crippen LogP contribution >= 0.6 is 23.2 Å². The fraction of sp³-hybridized carbons (Fsp3) is 0.120. The molecule has 1 aromatic heterocycles. The van der Waals surface area contributed by atoms with Crippen LogP contribution < -0.4 is 10.1 Å². The van der Waals surface area contributed by atoms with Crippen LogP contribution in [0.5, 0.6) is 5.75 Å². The molecule has 2 aliphatic rings. The highest BCUT2D eigenvalue weighted by molar-refractivity contribution is 6.30. The third-order valence-corrected chi connectivity index (χ3v) is 6.43. The first-order valence-corrected chi connectivity index (χ1v) is 11.0. The molecule has 2 aliphatic heterocycles. The molecule has 2 atom stereocenters. The molecule has 0 aliphatic carbocycles. The smallest absolute Gasteiger partial charge is 0.226 e. The van der Waals surface area contributed by atoms with E-state index in [2.05, 4.69) is 34.5 Å². The fourth-order valence-electron chi connectivity index (χ4n) is 4.46. The first kappa shape index (κ1) is 19.4. The van der Waals surface area contributed by atoms with Gasteiger partial charge in [0.05, 0.1) is 5.70 Å². The quantitative estimate of drug-likeness (QED) is 0.373. The summed E-state index contributed by atoms with van der Waals surface area (Å²) >= 11 is 12.4. The molecule has 0 amide bonds. The lowest BCUT2D eigenvalue weighted by Crippen LogP contribution is -2.32. The predicted molar refractivity (Wildman–Crippen MR) is 126 cm³/mol. The van der Waals surface area contributed by atoms with Gasteiger partial charge in [-0.2, -0.15) is 10.1 Å². The van der Waals surface area contributed by atoms with Crippen LogP contribution in [0.3, 0.4) is 0 Å². The minimum atomic E-state index is -0.331. The van der Waals surface area contributed by atoms with Crippen molar-refractivity contribution >= 4 is 34.8 Å². The molecule has 0 saturated carbocycles. The molecule has 0 radical (unpaired) electrons. The number of hydrogen-bond acceptors (Lipinski definition) is 4. The van der Waals surface area contributed by atoms with Gasteiger partial charge in [0, 0.05) is 21.2 Å². The molecular weight excluding hydrogens is 443 g/mol. The van der Waals surface area contributed by atoms with Gasteiger partial charge in [0.25, 0.3) is 0 Å². The number of nitrogens with one attached hydrogen (secondary N) is 1. The Morgan fingerprint density at radius 3 is 2.31 bits per heavy atom. The van der Waals surface area contributed by atoms with E-state index >= 15 is 0 Å². The van der Waals surface area contributed by atoms with Crippen molar-refractivity contribution in [2.45, 2.75) is 19.1 Å². The Balaban J connectivity index is 1.63. The number of anilines is 1. The lowest BCUT2D eigenvalue weighted by molar-refractivity contribution is 0.223. The van der Waals surface area contributed by atoms with Crippen LogP contribution in [0, 0.1) is 6.92 Å². The van der Waals surface area contributed by atoms with Crippen molar-refractivity contribution in [3.05, 3.63) is 111 Å². The molecule has 0 unspecified atom stereocenters. The van der Waals surface area contributed by atoms with Gasteiger partial charge in [-0.15, -0.1) is 0 Å². The van der Waals surface area contributed by atoms with E-state index in [1.807, 2.05) is 59.3 Å². The van der Waals surface area contributed by atoms with E-state index in [4.69, 9.17) is 27.9 Å². The Kier molecular flexibility index (Phi) is 4.49. The van der Waals surface area contributed by atoms with Crippen molar-refractivity contribution in [2.75, 3.05) is 5.32 Å². The molecule has 5 nitrogen and oxygen atoms in total. The van der Waals surface area contributed by atoms with Crippen LogP contribution in [-0.2, 0) is 0 Å². The molecule has 7 heteroatoms. The number of hydrogen-bond donors (Lipinski definition) is 1. The number of ether oxygens (including phenoxy) is 1. The van der Waals surface area contributed by atoms with Gasteiger partial charge in [-0.05, 0) is 54.4 Å². The zero-order valence-electron chi connectivity index (χ0n) is 17.1. The predicted octanol–water partition coefficient (Wildman–Crippen LogP) is 6.45. The van der Waals surface area contributed by atoms with Crippen LogP contribution in [-0.4, -0.2) is 14.8 Å². The Morgan fingerprint density at radius 1 is 0.906 bits per heavy atom. The first-order valence-electron chi connectivity index (χ1n) is 10.3. The largest absolute Gasteiger partial charge is 0.480 e. The SMILES string of the molecule is Cc1ccc2c(c1)C1=C([C@@H](c3ccc(Cl)cc3)O2)[C@@H](c2ccc(Cl)cc2)n2ncnc2N1. The van der Waals surface area contributed by atoms with Gasteiger partial charge in [-0.25, -0.2) is 4.68 Å². The van der Waals surface area contributed by atoms with E-state index < -0.39 is 0 Å². The lowest BCUT2D eigenvalue weighted by atomic mass is 9.84. The second kappa shape index (κ2) is 7.40. The third-order valence-electron chi connectivity index (χ3n) is 5.93. The number of halogens is 2. The standard InChI is InChI=1S/C25H18Cl2N4O/c1-14-2-11-20-19(12-14)22-21(24(32-20)16-5-9-18(27)10-6-16)23(15-3-7-17(26)8-4-15)31-25(30-22)28-13-29-31/h2-13,23-24H,1H3,(H,28,29,30)/t23-,24-/m1/s1. The second-order valence-corrected chi connectivity index (χ2v) is 8.86. The lowest BCUT2D eigenvalue weighted by Gasteiger charge is -2.39. The van der Waals surface area contributed by atoms with Crippen molar-refractivity contribution in [1.29, 1.82) is 0 Å². The van der Waals surface area contributed by atoms with Crippen molar-refractivity contribution in [1.82, 2.24) is 14.8 Å². The van der Waals surface area contributed by atoms with Gasteiger partial charge < -0.3 is 10.1 Å². The molecule has 3 heterocycles. The molecule has 4 aromatic rings. The van der Waals surface area contributed by atoms with Crippen LogP contribution in [0.1, 0.15) is 34.4 Å². The van der Waals surface area contributed by atoms with Crippen LogP contribution in [0.4, 0.5) is 5.95 Å². The maximum Gasteiger partial charge on any atom is 0.226 e. The Labute approximate surface area is 195 Å². The van der Waals surface area contributed by atoms with Gasteiger partial charge in [0.1, 0.15) is 24.2 Å². The summed E-state index contributed by atoms with van der Waals surface area (Å²) in [7, 11) is 0. The normalized spacial score (nSPS) is 18.8. The topological polar surface area (TPSA) is 52.0 Å². The summed E-state index contributed by atoms with van der Waals surface area (Å²) in [6, 6.07) is 21.7. The number of benzene rings is 3. The average molecular weight is 461 g/mol. The Bertz CT molecular complexity index is 1360. The monoisotopic (exact) mass is 460 g/mol. The van der Waals surface area contributed by atoms with Crippen molar-refractivity contribution in [3.8, 4) is 5.75 Å². The van der Waals surface area contributed by atoms with Gasteiger partial charge in [-0.3, -0.25) is 0 Å². The molecule has 0 saturated heterocycles. The van der Waals surface area contributed by atoms with Crippen molar-refractivity contribution < 1.29 is 4.74 Å². The molecule has 3 aromatic carbocycles. The van der Waals surface area contributed by atoms with Crippen LogP contribution in [0.15, 0.2) is 78.6 Å². The zero-order valence-corrected chi connectivity index (χ0v) is 18.6. The molecule has 0 fully saturated rings. The summed E-state index contributed by atoms with van der Waals surface area (Å²) in [5.74, 6) is 1.51. The highest BCUT2D eigenvalue weighted by Crippen LogP contribution is 2.50. The molecule has 1 N–H and O–H groups in total. The molecule has 32 heavy (non-hydrogen) atoms. The van der Waals surface area contributed by atoms with E-state index in [1.165, 1.54) is 0 Å². The maximum atomic E-state index is 6.62. The number of aromatic nitrogens is 3. The number of nitrogens with zero attached hydrogens (tertiary/aromatic N) is 3. The number of fused-ring (bicyclic) bond motifs is 3. The van der Waals surface area contributed by atoms with Gasteiger partial charge in [0.15, 0.2) is 0 Å². The molecule has 0 bridgehead atoms. The maximum absolute atomic E-state index is 6.62. The fourth-order valence-corrected chi connectivity index (χ4v) is 4.71. The summed E-state index contributed by atoms with van der Waals surface area (Å²) in [5, 5.41) is 9.43. The average Bonchev–Trinajstić information content (AvgIpc) is 3.27. The highest BCUT2D eigenvalue weighted by Gasteiger charge is 2.40. The minimum Gasteiger partial charge on any atom is -0.480 e. The summed E-state index contributed by atoms with van der Waals surface area (Å²) < 4.78 is 8.52. The summed E-state index contributed by atoms with van der Waals surface area (Å²) in [6.07, 6.45) is 1.24. The number of aryl methyl sites for hydroxylation is 1. The summed E-state index contributed by atoms with van der Waals surface area (Å²) in [5.41, 5.74) is 6.28. The van der Waals surface area contributed by atoms with E-state index in [0.29, 0.717) is 16.0 Å². The Morgan fingerprint density at radius 2 is 1.59 bits per heavy atom. The van der Waals surface area contributed by atoms with E-state index in [1.54, 1.807) is 6.33 Å². The van der Waals surface area contributed by atoms with Crippen LogP contribution in [0.2, 0.25) is 10.0 Å². The van der Waals surface area contributed by atoms with Crippen molar-refractivity contribution in [2.24, 2.45) is 0 Å². The van der Waals surface area contributed by atoms with E-state index in [0.717, 1.165) is 39.3 Å². The Hall–Kier alpha value is -3.28. The van der Waals surface area contributed by atoms with Gasteiger partial charge in [-0.1, -0.05) is 59.1 Å². The van der Waals surface area contributed by atoms with Gasteiger partial charge in [0.2, 0.25) is 5.95 Å².